The van der Waals surface area contributed by atoms with Crippen LogP contribution in [0, 0.1) is 5.92 Å². The fourth-order valence-electron chi connectivity index (χ4n) is 2.66. The van der Waals surface area contributed by atoms with Crippen LogP contribution in [0.2, 0.25) is 0 Å². The molecule has 3 unspecified atom stereocenters. The molecule has 1 fully saturated rings. The maximum Gasteiger partial charge on any atom is 0.00928 e. The summed E-state index contributed by atoms with van der Waals surface area (Å²) in [6.45, 7) is 5.86. The summed E-state index contributed by atoms with van der Waals surface area (Å²) in [6.07, 6.45) is 6.86. The fourth-order valence-corrected chi connectivity index (χ4v) is 2.66. The van der Waals surface area contributed by atoms with Gasteiger partial charge in [0.2, 0.25) is 0 Å². The minimum Gasteiger partial charge on any atom is -0.317 e. The van der Waals surface area contributed by atoms with E-state index < -0.39 is 0 Å². The Kier molecular flexibility index (Phi) is 5.62. The standard InChI is InChI=1S/C13H28N2/c1-5-11(2)15(4)10-9-12-7-6-8-13(12)14-3/h11-14H,5-10H2,1-4H3. The third kappa shape index (κ3) is 3.76. The lowest BCUT2D eigenvalue weighted by molar-refractivity contribution is 0.226. The summed E-state index contributed by atoms with van der Waals surface area (Å²) in [5.41, 5.74) is 0. The van der Waals surface area contributed by atoms with E-state index in [1.807, 2.05) is 0 Å². The first-order valence-electron chi connectivity index (χ1n) is 6.56. The van der Waals surface area contributed by atoms with Crippen molar-refractivity contribution in [3.63, 3.8) is 0 Å². The van der Waals surface area contributed by atoms with Crippen LogP contribution in [-0.2, 0) is 0 Å². The Morgan fingerprint density at radius 2 is 2.13 bits per heavy atom. The Hall–Kier alpha value is -0.0800. The van der Waals surface area contributed by atoms with Gasteiger partial charge in [0.1, 0.15) is 0 Å². The Bertz CT molecular complexity index is 170. The second kappa shape index (κ2) is 6.49. The van der Waals surface area contributed by atoms with E-state index in [0.29, 0.717) is 0 Å². The molecule has 15 heavy (non-hydrogen) atoms. The van der Waals surface area contributed by atoms with E-state index >= 15 is 0 Å². The summed E-state index contributed by atoms with van der Waals surface area (Å²) >= 11 is 0. The lowest BCUT2D eigenvalue weighted by atomic mass is 9.99. The molecule has 2 nitrogen and oxygen atoms in total. The molecular formula is C13H28N2. The van der Waals surface area contributed by atoms with Crippen LogP contribution >= 0.6 is 0 Å². The fraction of sp³-hybridized carbons (Fsp3) is 1.00. The van der Waals surface area contributed by atoms with Gasteiger partial charge in [-0.15, -0.1) is 0 Å². The van der Waals surface area contributed by atoms with Crippen LogP contribution in [-0.4, -0.2) is 37.6 Å². The predicted octanol–water partition coefficient (Wildman–Crippen LogP) is 2.49. The smallest absolute Gasteiger partial charge is 0.00928 e. The molecule has 90 valence electrons. The van der Waals surface area contributed by atoms with E-state index in [0.717, 1.165) is 18.0 Å². The lowest BCUT2D eigenvalue weighted by Gasteiger charge is -2.26. The quantitative estimate of drug-likeness (QED) is 0.728. The highest BCUT2D eigenvalue weighted by atomic mass is 15.1. The van der Waals surface area contributed by atoms with E-state index in [9.17, 15) is 0 Å². The summed E-state index contributed by atoms with van der Waals surface area (Å²) in [6, 6.07) is 1.52. The average molecular weight is 212 g/mol. The SMILES string of the molecule is CCC(C)N(C)CCC1CCCC1NC. The molecule has 0 radical (unpaired) electrons. The monoisotopic (exact) mass is 212 g/mol. The maximum atomic E-state index is 3.46. The molecule has 0 spiro atoms. The van der Waals surface area contributed by atoms with Gasteiger partial charge in [-0.1, -0.05) is 13.3 Å². The van der Waals surface area contributed by atoms with Gasteiger partial charge >= 0.3 is 0 Å². The largest absolute Gasteiger partial charge is 0.317 e. The highest BCUT2D eigenvalue weighted by molar-refractivity contribution is 4.82. The van der Waals surface area contributed by atoms with Gasteiger partial charge in [0.25, 0.3) is 0 Å². The summed E-state index contributed by atoms with van der Waals surface area (Å²) in [4.78, 5) is 2.50. The Labute approximate surface area is 95.4 Å². The van der Waals surface area contributed by atoms with Gasteiger partial charge in [0, 0.05) is 12.1 Å². The Morgan fingerprint density at radius 1 is 1.40 bits per heavy atom. The number of hydrogen-bond donors (Lipinski definition) is 1. The first-order chi connectivity index (χ1) is 7.19. The van der Waals surface area contributed by atoms with Gasteiger partial charge in [0.05, 0.1) is 0 Å². The van der Waals surface area contributed by atoms with Gasteiger partial charge in [-0.25, -0.2) is 0 Å². The Balaban J connectivity index is 2.24. The van der Waals surface area contributed by atoms with Crippen LogP contribution in [0.15, 0.2) is 0 Å². The minimum absolute atomic E-state index is 0.736. The first-order valence-corrected chi connectivity index (χ1v) is 6.56. The van der Waals surface area contributed by atoms with Gasteiger partial charge < -0.3 is 10.2 Å². The molecule has 0 bridgehead atoms. The first kappa shape index (κ1) is 13.0. The van der Waals surface area contributed by atoms with Crippen LogP contribution in [0.25, 0.3) is 0 Å². The highest BCUT2D eigenvalue weighted by Gasteiger charge is 2.25. The van der Waals surface area contributed by atoms with Gasteiger partial charge in [0.15, 0.2) is 0 Å². The minimum atomic E-state index is 0.736. The molecule has 1 N–H and O–H groups in total. The average Bonchev–Trinajstić information content (AvgIpc) is 2.71. The van der Waals surface area contributed by atoms with Crippen molar-refractivity contribution in [2.45, 2.75) is 58.0 Å². The molecule has 1 rings (SSSR count). The van der Waals surface area contributed by atoms with Crippen molar-refractivity contribution in [2.24, 2.45) is 5.92 Å². The molecule has 1 aliphatic rings. The van der Waals surface area contributed by atoms with E-state index in [4.69, 9.17) is 0 Å². The van der Waals surface area contributed by atoms with Crippen LogP contribution < -0.4 is 5.32 Å². The summed E-state index contributed by atoms with van der Waals surface area (Å²) in [7, 11) is 4.37. The van der Waals surface area contributed by atoms with E-state index in [1.165, 1.54) is 38.6 Å². The topological polar surface area (TPSA) is 15.3 Å². The molecule has 1 saturated carbocycles. The van der Waals surface area contributed by atoms with Crippen molar-refractivity contribution in [1.29, 1.82) is 0 Å². The third-order valence-electron chi connectivity index (χ3n) is 4.23. The second-order valence-electron chi connectivity index (χ2n) is 5.11. The predicted molar refractivity (Wildman–Crippen MR) is 67.2 cm³/mol. The normalized spacial score (nSPS) is 28.6. The van der Waals surface area contributed by atoms with Crippen LogP contribution in [0.1, 0.15) is 46.0 Å². The van der Waals surface area contributed by atoms with Gasteiger partial charge in [-0.2, -0.15) is 0 Å². The molecule has 0 aromatic carbocycles. The highest BCUT2D eigenvalue weighted by Crippen LogP contribution is 2.28. The number of nitrogens with zero attached hydrogens (tertiary/aromatic N) is 1. The third-order valence-corrected chi connectivity index (χ3v) is 4.23. The molecular weight excluding hydrogens is 184 g/mol. The van der Waals surface area contributed by atoms with Gasteiger partial charge in [-0.3, -0.25) is 0 Å². The van der Waals surface area contributed by atoms with Crippen molar-refractivity contribution < 1.29 is 0 Å². The molecule has 0 heterocycles. The zero-order valence-corrected chi connectivity index (χ0v) is 10.9. The van der Waals surface area contributed by atoms with E-state index in [2.05, 4.69) is 38.2 Å². The molecule has 0 saturated heterocycles. The van der Waals surface area contributed by atoms with Crippen molar-refractivity contribution in [2.75, 3.05) is 20.6 Å². The number of rotatable bonds is 6. The summed E-state index contributed by atoms with van der Waals surface area (Å²) < 4.78 is 0. The van der Waals surface area contributed by atoms with Crippen LogP contribution in [0.3, 0.4) is 0 Å². The molecule has 2 heteroatoms. The molecule has 0 aliphatic heterocycles. The molecule has 0 amide bonds. The maximum absolute atomic E-state index is 3.46. The zero-order valence-electron chi connectivity index (χ0n) is 10.9. The summed E-state index contributed by atoms with van der Waals surface area (Å²) in [5.74, 6) is 0.918. The van der Waals surface area contributed by atoms with Crippen LogP contribution in [0.5, 0.6) is 0 Å². The molecule has 3 atom stereocenters. The van der Waals surface area contributed by atoms with Crippen molar-refractivity contribution in [1.82, 2.24) is 10.2 Å². The second-order valence-corrected chi connectivity index (χ2v) is 5.11. The van der Waals surface area contributed by atoms with Crippen LogP contribution in [0.4, 0.5) is 0 Å². The Morgan fingerprint density at radius 3 is 2.73 bits per heavy atom. The summed E-state index contributed by atoms with van der Waals surface area (Å²) in [5, 5.41) is 3.46. The molecule has 1 aliphatic carbocycles. The molecule has 0 aromatic rings. The van der Waals surface area contributed by atoms with E-state index in [-0.39, 0.29) is 0 Å². The van der Waals surface area contributed by atoms with Gasteiger partial charge in [-0.05, 0) is 59.2 Å². The van der Waals surface area contributed by atoms with Crippen molar-refractivity contribution >= 4 is 0 Å². The number of nitrogens with one attached hydrogen (secondary N) is 1. The molecule has 0 aromatic heterocycles. The zero-order chi connectivity index (χ0) is 11.3. The van der Waals surface area contributed by atoms with E-state index in [1.54, 1.807) is 0 Å². The van der Waals surface area contributed by atoms with Crippen molar-refractivity contribution in [3.8, 4) is 0 Å². The number of hydrogen-bond acceptors (Lipinski definition) is 2. The lowest BCUT2D eigenvalue weighted by Crippen LogP contribution is -2.34. The van der Waals surface area contributed by atoms with Crippen molar-refractivity contribution in [3.05, 3.63) is 0 Å².